The summed E-state index contributed by atoms with van der Waals surface area (Å²) in [5.41, 5.74) is 21.6. The van der Waals surface area contributed by atoms with Crippen LogP contribution in [0.4, 0.5) is 0 Å². The lowest BCUT2D eigenvalue weighted by Gasteiger charge is -2.30. The summed E-state index contributed by atoms with van der Waals surface area (Å²) >= 11 is 6.21. The number of nitrogens with zero attached hydrogens (tertiary/aromatic N) is 2. The maximum atomic E-state index is 15.1. The molecule has 19 N–H and O–H groups in total. The van der Waals surface area contributed by atoms with Crippen LogP contribution in [-0.2, 0) is 80.0 Å². The predicted octanol–water partition coefficient (Wildman–Crippen LogP) is 0.446. The van der Waals surface area contributed by atoms with E-state index in [1.54, 1.807) is 129 Å². The van der Waals surface area contributed by atoms with Crippen LogP contribution in [-0.4, -0.2) is 166 Å². The number of benzene rings is 5. The molecule has 27 nitrogen and oxygen atoms in total. The molecule has 6 aromatic rings. The van der Waals surface area contributed by atoms with Crippen molar-refractivity contribution >= 4 is 87.5 Å². The van der Waals surface area contributed by atoms with Gasteiger partial charge in [0.2, 0.25) is 59.1 Å². The maximum Gasteiger partial charge on any atom is 0.245 e. The largest absolute Gasteiger partial charge is 0.508 e. The second kappa shape index (κ2) is 36.5. The number of hydrogen-bond acceptors (Lipinski definition) is 14. The Labute approximate surface area is 570 Å². The molecule has 9 atom stereocenters. The number of phenols is 1. The van der Waals surface area contributed by atoms with Crippen LogP contribution < -0.4 is 65.4 Å². The van der Waals surface area contributed by atoms with E-state index in [1.807, 2.05) is 0 Å². The minimum atomic E-state index is -2.01. The minimum absolute atomic E-state index is 0.00815. The highest BCUT2D eigenvalue weighted by Crippen LogP contribution is 2.23. The minimum Gasteiger partial charge on any atom is -0.508 e. The number of aromatic nitrogens is 1. The van der Waals surface area contributed by atoms with Crippen molar-refractivity contribution in [2.24, 2.45) is 33.8 Å². The molecule has 5 aromatic carbocycles. The van der Waals surface area contributed by atoms with E-state index in [-0.39, 0.29) is 87.4 Å². The van der Waals surface area contributed by atoms with Gasteiger partial charge in [0.1, 0.15) is 55.5 Å². The molecular formula is C69H86ClN15O12. The number of aliphatic hydroxyl groups excluding tert-OH is 1. The van der Waals surface area contributed by atoms with Crippen molar-refractivity contribution in [2.45, 2.75) is 132 Å². The summed E-state index contributed by atoms with van der Waals surface area (Å²) < 4.78 is 26.7. The Morgan fingerprint density at radius 3 is 1.71 bits per heavy atom. The summed E-state index contributed by atoms with van der Waals surface area (Å²) in [4.78, 5) is 151. The molecule has 0 aliphatic carbocycles. The Hall–Kier alpha value is -10.4. The fraction of sp³-hybridized carbons (Fsp3) is 0.377. The Balaban J connectivity index is 1.17. The zero-order valence-electron chi connectivity index (χ0n) is 56.8. The van der Waals surface area contributed by atoms with E-state index < -0.39 is 133 Å². The van der Waals surface area contributed by atoms with Crippen LogP contribution in [0.1, 0.15) is 73.8 Å². The third-order valence-electron chi connectivity index (χ3n) is 16.1. The number of likely N-dealkylation sites (tertiary alicyclic amines) is 1. The van der Waals surface area contributed by atoms with Gasteiger partial charge in [-0.2, -0.15) is 0 Å². The number of aromatic amines is 1. The molecule has 1 aliphatic rings. The lowest BCUT2D eigenvalue weighted by molar-refractivity contribution is -0.142. The second-order valence-corrected chi connectivity index (χ2v) is 24.5. The number of primary amides is 1. The van der Waals surface area contributed by atoms with Gasteiger partial charge in [-0.25, -0.2) is 0 Å². The third-order valence-corrected chi connectivity index (χ3v) is 16.3. The first-order chi connectivity index (χ1) is 47.8. The van der Waals surface area contributed by atoms with Gasteiger partial charge < -0.3 is 85.5 Å². The van der Waals surface area contributed by atoms with E-state index in [2.05, 4.69) is 47.6 Å². The standard InChI is InChI=1S/C69H86ClN15O12/c1-40(2)31-52(61(90)78-51(19-11-29-75-69(73)74)68(97)85-30-12-20-58(85)67(96)77-38-59(72)88)80-63(92)54(33-42-15-7-4-8-16-42)81-64(93)55(35-44-23-27-47(87)28-24-44)82-66(95)57(39-86)84-65(94)56(36-45-37-76-50-18-10-9-17-48(45)50)83-62(91)53(34-43-21-25-46(70)26-22-43)79-60(89)49(71)32-41-13-5-3-6-14-41/h3-10,13-18,21-28,37,40,49,51-58,76,86-87H,11-12,19-20,29-36,38-39,71H2,1-2H3,(H2,72,88)(H,77,96)(H,78,90)(H,79,89)(H,80,92)(H,81,93)(H,82,95)(H,83,91)(H,84,94)(H4,73,74,75)/t49-,51+,52+,53+,54+,55+,56+,57+,58+/m1/s1/i/hD3. The molecule has 0 bridgehead atoms. The Morgan fingerprint density at radius 2 is 1.12 bits per heavy atom. The molecule has 0 radical (unpaired) electrons. The van der Waals surface area contributed by atoms with Crippen LogP contribution >= 0.6 is 11.6 Å². The van der Waals surface area contributed by atoms with Crippen molar-refractivity contribution in [2.75, 3.05) is 26.2 Å². The number of aliphatic imine (C=N–C) groups is 1. The van der Waals surface area contributed by atoms with Crippen molar-refractivity contribution in [1.29, 1.82) is 0 Å². The van der Waals surface area contributed by atoms with Crippen LogP contribution in [0.5, 0.6) is 5.75 Å². The third kappa shape index (κ3) is 22.9. The summed E-state index contributed by atoms with van der Waals surface area (Å²) in [5, 5.41) is 38.7. The highest BCUT2D eigenvalue weighted by Gasteiger charge is 2.40. The van der Waals surface area contributed by atoms with Crippen molar-refractivity contribution in [3.05, 3.63) is 172 Å². The number of carbonyl (C=O) groups is 10. The molecule has 7 rings (SSSR count). The van der Waals surface area contributed by atoms with Crippen molar-refractivity contribution in [3.8, 4) is 5.75 Å². The zero-order chi connectivity index (χ0) is 72.6. The van der Waals surface area contributed by atoms with Crippen LogP contribution in [0.2, 0.25) is 9.26 Å². The number of carbonyl (C=O) groups excluding carboxylic acids is 10. The number of aromatic hydroxyl groups is 1. The van der Waals surface area contributed by atoms with E-state index >= 15 is 4.79 Å². The van der Waals surface area contributed by atoms with Gasteiger partial charge in [0.05, 0.1) is 19.2 Å². The molecule has 1 fully saturated rings. The number of rotatable bonds is 36. The number of phenolic OH excluding ortho intramolecular Hbond substituents is 1. The molecule has 0 saturated carbocycles. The number of guanidine groups is 1. The van der Waals surface area contributed by atoms with E-state index in [9.17, 15) is 56.2 Å². The highest BCUT2D eigenvalue weighted by molar-refractivity contribution is 6.30. The fourth-order valence-corrected chi connectivity index (χ4v) is 11.2. The number of para-hydroxylation sites is 1. The quantitative estimate of drug-likeness (QED) is 0.0144. The molecule has 1 saturated heterocycles. The van der Waals surface area contributed by atoms with Gasteiger partial charge in [-0.3, -0.25) is 52.9 Å². The number of hydrogen-bond donors (Lipinski definition) is 15. The molecule has 0 spiro atoms. The normalized spacial score (nSPS) is 15.6. The van der Waals surface area contributed by atoms with Crippen LogP contribution in [0.25, 0.3) is 10.9 Å². The number of halogens is 1. The summed E-state index contributed by atoms with van der Waals surface area (Å²) in [6.45, 7) is 2.10. The van der Waals surface area contributed by atoms with Gasteiger partial charge in [-0.05, 0) is 103 Å². The maximum absolute atomic E-state index is 15.1. The van der Waals surface area contributed by atoms with Gasteiger partial charge >= 0.3 is 0 Å². The monoisotopic (exact) mass is 1350 g/mol. The SMILES string of the molecule is [2H]N[C@H](Cc1ccccc1)C(=O)N([2H])[C@@H](Cc1ccc(Cl)cc1)C(=O)N[C@@H](Cc1c[nH]c2ccccc12)C(=O)N[C@@H](CO)C(=O)N([2H])[C@@H](Cc1ccc(O)cc1)C(=O)N[C@@H](Cc1ccccc1)C(=O)N[C@@H](CC(C)C)C(=O)N[C@@H](CCCN=C(N)N)C(=O)N1CCC[C@H]1C(=O)NCC(N)=O. The van der Waals surface area contributed by atoms with Crippen LogP contribution in [0, 0.1) is 5.92 Å². The fourth-order valence-electron chi connectivity index (χ4n) is 11.1. The first-order valence-electron chi connectivity index (χ1n) is 33.2. The van der Waals surface area contributed by atoms with Crippen molar-refractivity contribution in [1.82, 2.24) is 52.4 Å². The summed E-state index contributed by atoms with van der Waals surface area (Å²) in [6, 6.07) is 22.1. The Kier molecular flexibility index (Phi) is 26.1. The Morgan fingerprint density at radius 1 is 0.619 bits per heavy atom. The van der Waals surface area contributed by atoms with Gasteiger partial charge in [-0.1, -0.05) is 129 Å². The average Bonchev–Trinajstić information content (AvgIpc) is 1.17. The molecule has 1 aliphatic heterocycles. The first kappa shape index (κ1) is 69.4. The van der Waals surface area contributed by atoms with E-state index in [1.165, 1.54) is 29.2 Å². The summed E-state index contributed by atoms with van der Waals surface area (Å²) in [6.07, 6.45) is 1.10. The number of aliphatic hydroxyl groups is 1. The lowest BCUT2D eigenvalue weighted by Crippen LogP contribution is -2.61. The first-order valence-corrected chi connectivity index (χ1v) is 32.2. The van der Waals surface area contributed by atoms with E-state index in [0.29, 0.717) is 55.5 Å². The van der Waals surface area contributed by atoms with E-state index in [0.717, 1.165) is 0 Å². The second-order valence-electron chi connectivity index (χ2n) is 24.1. The molecule has 0 unspecified atom stereocenters. The lowest BCUT2D eigenvalue weighted by atomic mass is 9.99. The number of H-pyrrole nitrogens is 1. The number of nitrogens with one attached hydrogen (secondary N) is 9. The van der Waals surface area contributed by atoms with E-state index in [4.69, 9.17) is 30.2 Å². The predicted molar refractivity (Wildman–Crippen MR) is 364 cm³/mol. The number of fused-ring (bicyclic) bond motifs is 1. The smallest absolute Gasteiger partial charge is 0.245 e. The molecular weight excluding hydrogens is 1270 g/mol. The summed E-state index contributed by atoms with van der Waals surface area (Å²) in [7, 11) is 0. The van der Waals surface area contributed by atoms with Gasteiger partial charge in [0, 0.05) is 60.9 Å². The highest BCUT2D eigenvalue weighted by atomic mass is 35.5. The summed E-state index contributed by atoms with van der Waals surface area (Å²) in [5.74, 6) is -9.97. The van der Waals surface area contributed by atoms with Gasteiger partial charge in [0.15, 0.2) is 8.78 Å². The van der Waals surface area contributed by atoms with Crippen LogP contribution in [0.3, 0.4) is 0 Å². The molecule has 2 heterocycles. The molecule has 10 amide bonds. The van der Waals surface area contributed by atoms with Crippen molar-refractivity contribution in [3.63, 3.8) is 0 Å². The molecule has 516 valence electrons. The van der Waals surface area contributed by atoms with Gasteiger partial charge in [-0.15, -0.1) is 0 Å². The molecule has 97 heavy (non-hydrogen) atoms. The van der Waals surface area contributed by atoms with Gasteiger partial charge in [0.25, 0.3) is 0 Å². The van der Waals surface area contributed by atoms with Crippen molar-refractivity contribution < 1.29 is 62.4 Å². The molecule has 28 heteroatoms. The number of nitrogens with two attached hydrogens (primary N) is 4. The topological polar surface area (TPSA) is 443 Å². The van der Waals surface area contributed by atoms with Crippen LogP contribution in [0.15, 0.2) is 145 Å². The molecule has 1 aromatic heterocycles. The number of amides is 10. The zero-order valence-corrected chi connectivity index (χ0v) is 54.6. The average molecular weight is 1360 g/mol. The Bertz CT molecular complexity index is 3820.